The lowest BCUT2D eigenvalue weighted by molar-refractivity contribution is 0.237. The average molecular weight is 180 g/mol. The third kappa shape index (κ3) is 3.07. The predicted molar refractivity (Wildman–Crippen MR) is 52.9 cm³/mol. The molecule has 0 aliphatic rings. The lowest BCUT2D eigenvalue weighted by atomic mass is 10.0. The second kappa shape index (κ2) is 4.87. The Hall–Kier alpha value is -1.02. The first-order chi connectivity index (χ1) is 6.26. The van der Waals surface area contributed by atoms with E-state index in [0.717, 1.165) is 12.2 Å². The van der Waals surface area contributed by atoms with Gasteiger partial charge in [0.2, 0.25) is 0 Å². The molecule has 0 aromatic heterocycles. The Morgan fingerprint density at radius 2 is 2.23 bits per heavy atom. The fourth-order valence-corrected chi connectivity index (χ4v) is 1.27. The molecule has 0 aliphatic heterocycles. The number of benzene rings is 1. The molecule has 1 rings (SSSR count). The lowest BCUT2D eigenvalue weighted by Gasteiger charge is -2.08. The van der Waals surface area contributed by atoms with Crippen molar-refractivity contribution in [2.75, 3.05) is 13.7 Å². The smallest absolute Gasteiger partial charge is 0.119 e. The van der Waals surface area contributed by atoms with E-state index < -0.39 is 0 Å². The first-order valence-corrected chi connectivity index (χ1v) is 4.50. The summed E-state index contributed by atoms with van der Waals surface area (Å²) >= 11 is 0. The Labute approximate surface area is 79.2 Å². The minimum Gasteiger partial charge on any atom is -0.497 e. The molecule has 0 aliphatic carbocycles. The SMILES string of the molecule is COc1cccc(C[C@H](C)CO)c1. The summed E-state index contributed by atoms with van der Waals surface area (Å²) in [5.41, 5.74) is 1.21. The summed E-state index contributed by atoms with van der Waals surface area (Å²) in [6.07, 6.45) is 0.897. The number of methoxy groups -OCH3 is 1. The maximum atomic E-state index is 8.89. The number of aliphatic hydroxyl groups is 1. The van der Waals surface area contributed by atoms with Crippen molar-refractivity contribution in [3.05, 3.63) is 29.8 Å². The van der Waals surface area contributed by atoms with Gasteiger partial charge in [-0.1, -0.05) is 19.1 Å². The van der Waals surface area contributed by atoms with E-state index >= 15 is 0 Å². The Balaban J connectivity index is 2.66. The standard InChI is InChI=1S/C11H16O2/c1-9(8-12)6-10-4-3-5-11(7-10)13-2/h3-5,7,9,12H,6,8H2,1-2H3/t9-/m0/s1. The average Bonchev–Trinajstić information content (AvgIpc) is 2.18. The molecule has 0 amide bonds. The predicted octanol–water partition coefficient (Wildman–Crippen LogP) is 1.87. The van der Waals surface area contributed by atoms with E-state index in [1.54, 1.807) is 7.11 Å². The van der Waals surface area contributed by atoms with Gasteiger partial charge in [0.05, 0.1) is 7.11 Å². The van der Waals surface area contributed by atoms with Crippen molar-refractivity contribution < 1.29 is 9.84 Å². The normalized spacial score (nSPS) is 12.5. The van der Waals surface area contributed by atoms with Gasteiger partial charge in [-0.25, -0.2) is 0 Å². The number of ether oxygens (including phenoxy) is 1. The molecule has 1 aromatic rings. The maximum absolute atomic E-state index is 8.89. The van der Waals surface area contributed by atoms with Crippen LogP contribution < -0.4 is 4.74 Å². The second-order valence-corrected chi connectivity index (χ2v) is 3.34. The molecular formula is C11H16O2. The molecule has 0 unspecified atom stereocenters. The van der Waals surface area contributed by atoms with Gasteiger partial charge in [0.1, 0.15) is 5.75 Å². The van der Waals surface area contributed by atoms with Crippen molar-refractivity contribution in [2.45, 2.75) is 13.3 Å². The highest BCUT2D eigenvalue weighted by Crippen LogP contribution is 2.15. The van der Waals surface area contributed by atoms with Gasteiger partial charge in [0.25, 0.3) is 0 Å². The van der Waals surface area contributed by atoms with Crippen LogP contribution in [0.3, 0.4) is 0 Å². The largest absolute Gasteiger partial charge is 0.497 e. The summed E-state index contributed by atoms with van der Waals surface area (Å²) in [7, 11) is 1.66. The van der Waals surface area contributed by atoms with E-state index in [1.807, 2.05) is 25.1 Å². The minimum absolute atomic E-state index is 0.233. The van der Waals surface area contributed by atoms with Crippen molar-refractivity contribution in [2.24, 2.45) is 5.92 Å². The quantitative estimate of drug-likeness (QED) is 0.766. The zero-order valence-electron chi connectivity index (χ0n) is 8.16. The van der Waals surface area contributed by atoms with E-state index in [0.29, 0.717) is 5.92 Å². The molecule has 13 heavy (non-hydrogen) atoms. The molecule has 0 radical (unpaired) electrons. The number of aliphatic hydroxyl groups excluding tert-OH is 1. The highest BCUT2D eigenvalue weighted by atomic mass is 16.5. The van der Waals surface area contributed by atoms with E-state index in [1.165, 1.54) is 5.56 Å². The fraction of sp³-hybridized carbons (Fsp3) is 0.455. The Kier molecular flexibility index (Phi) is 3.77. The Morgan fingerprint density at radius 1 is 1.46 bits per heavy atom. The van der Waals surface area contributed by atoms with Crippen LogP contribution >= 0.6 is 0 Å². The van der Waals surface area contributed by atoms with Gasteiger partial charge in [-0.3, -0.25) is 0 Å². The lowest BCUT2D eigenvalue weighted by Crippen LogP contribution is -2.04. The van der Waals surface area contributed by atoms with Crippen molar-refractivity contribution in [3.63, 3.8) is 0 Å². The van der Waals surface area contributed by atoms with Gasteiger partial charge in [-0.05, 0) is 30.0 Å². The van der Waals surface area contributed by atoms with Gasteiger partial charge in [-0.15, -0.1) is 0 Å². The van der Waals surface area contributed by atoms with Crippen LogP contribution in [-0.2, 0) is 6.42 Å². The minimum atomic E-state index is 0.233. The summed E-state index contributed by atoms with van der Waals surface area (Å²) < 4.78 is 5.11. The second-order valence-electron chi connectivity index (χ2n) is 3.34. The van der Waals surface area contributed by atoms with Crippen LogP contribution in [0.25, 0.3) is 0 Å². The zero-order chi connectivity index (χ0) is 9.68. The topological polar surface area (TPSA) is 29.5 Å². The van der Waals surface area contributed by atoms with Crippen LogP contribution in [0.5, 0.6) is 5.75 Å². The third-order valence-corrected chi connectivity index (χ3v) is 2.03. The molecule has 1 aromatic carbocycles. The van der Waals surface area contributed by atoms with Gasteiger partial charge < -0.3 is 9.84 Å². The number of rotatable bonds is 4. The fourth-order valence-electron chi connectivity index (χ4n) is 1.27. The van der Waals surface area contributed by atoms with Gasteiger partial charge >= 0.3 is 0 Å². The molecule has 2 nitrogen and oxygen atoms in total. The molecule has 0 fully saturated rings. The van der Waals surface area contributed by atoms with Crippen LogP contribution in [0, 0.1) is 5.92 Å². The van der Waals surface area contributed by atoms with E-state index in [9.17, 15) is 0 Å². The molecule has 0 saturated heterocycles. The molecule has 2 heteroatoms. The van der Waals surface area contributed by atoms with Crippen LogP contribution in [0.4, 0.5) is 0 Å². The van der Waals surface area contributed by atoms with Crippen molar-refractivity contribution >= 4 is 0 Å². The van der Waals surface area contributed by atoms with Gasteiger partial charge in [-0.2, -0.15) is 0 Å². The third-order valence-electron chi connectivity index (χ3n) is 2.03. The molecule has 0 heterocycles. The van der Waals surface area contributed by atoms with E-state index in [-0.39, 0.29) is 6.61 Å². The first kappa shape index (κ1) is 10.1. The molecule has 1 atom stereocenters. The molecule has 0 saturated carbocycles. The van der Waals surface area contributed by atoms with Gasteiger partial charge in [0.15, 0.2) is 0 Å². The molecule has 0 spiro atoms. The van der Waals surface area contributed by atoms with Crippen LogP contribution in [0.1, 0.15) is 12.5 Å². The van der Waals surface area contributed by atoms with Crippen LogP contribution in [0.2, 0.25) is 0 Å². The molecule has 72 valence electrons. The molecular weight excluding hydrogens is 164 g/mol. The summed E-state index contributed by atoms with van der Waals surface area (Å²) in [6, 6.07) is 7.95. The first-order valence-electron chi connectivity index (χ1n) is 4.50. The summed E-state index contributed by atoms with van der Waals surface area (Å²) in [6.45, 7) is 2.26. The Bertz CT molecular complexity index is 258. The molecule has 1 N–H and O–H groups in total. The van der Waals surface area contributed by atoms with E-state index in [2.05, 4.69) is 6.07 Å². The van der Waals surface area contributed by atoms with Gasteiger partial charge in [0, 0.05) is 6.61 Å². The van der Waals surface area contributed by atoms with Crippen LogP contribution in [-0.4, -0.2) is 18.8 Å². The maximum Gasteiger partial charge on any atom is 0.119 e. The number of hydrogen-bond acceptors (Lipinski definition) is 2. The summed E-state index contributed by atoms with van der Waals surface area (Å²) in [4.78, 5) is 0. The Morgan fingerprint density at radius 3 is 2.85 bits per heavy atom. The zero-order valence-corrected chi connectivity index (χ0v) is 8.16. The summed E-state index contributed by atoms with van der Waals surface area (Å²) in [5, 5.41) is 8.89. The van der Waals surface area contributed by atoms with E-state index in [4.69, 9.17) is 9.84 Å². The van der Waals surface area contributed by atoms with Crippen molar-refractivity contribution in [3.8, 4) is 5.75 Å². The monoisotopic (exact) mass is 180 g/mol. The summed E-state index contributed by atoms with van der Waals surface area (Å²) in [5.74, 6) is 1.19. The number of hydrogen-bond donors (Lipinski definition) is 1. The highest BCUT2D eigenvalue weighted by Gasteiger charge is 2.02. The highest BCUT2D eigenvalue weighted by molar-refractivity contribution is 5.28. The van der Waals surface area contributed by atoms with Crippen LogP contribution in [0.15, 0.2) is 24.3 Å². The molecule has 0 bridgehead atoms. The van der Waals surface area contributed by atoms with Crippen molar-refractivity contribution in [1.82, 2.24) is 0 Å². The van der Waals surface area contributed by atoms with Crippen molar-refractivity contribution in [1.29, 1.82) is 0 Å².